The molecule has 0 aliphatic heterocycles. The zero-order valence-corrected chi connectivity index (χ0v) is 7.99. The molecule has 0 aliphatic carbocycles. The van der Waals surface area contributed by atoms with Crippen molar-refractivity contribution in [3.8, 4) is 0 Å². The standard InChI is InChI=1S/C9H14N2O3/c1-6(5-12)11-9(13)8-3-2-7(4-10)14-8/h2-3,6,12H,4-5,10H2,1H3,(H,11,13). The summed E-state index contributed by atoms with van der Waals surface area (Å²) in [6.45, 7) is 1.86. The molecule has 1 aromatic rings. The lowest BCUT2D eigenvalue weighted by atomic mass is 10.3. The van der Waals surface area contributed by atoms with Crippen LogP contribution in [-0.4, -0.2) is 23.7 Å². The van der Waals surface area contributed by atoms with Crippen LogP contribution in [0.4, 0.5) is 0 Å². The lowest BCUT2D eigenvalue weighted by molar-refractivity contribution is 0.0892. The van der Waals surface area contributed by atoms with Crippen LogP contribution in [0.3, 0.4) is 0 Å². The summed E-state index contributed by atoms with van der Waals surface area (Å²) in [5.41, 5.74) is 5.33. The smallest absolute Gasteiger partial charge is 0.287 e. The first-order valence-electron chi connectivity index (χ1n) is 4.38. The van der Waals surface area contributed by atoms with E-state index in [9.17, 15) is 4.79 Å². The molecule has 0 aliphatic rings. The van der Waals surface area contributed by atoms with E-state index in [4.69, 9.17) is 15.3 Å². The Kier molecular flexibility index (Phi) is 3.67. The maximum absolute atomic E-state index is 11.4. The van der Waals surface area contributed by atoms with Crippen molar-refractivity contribution in [2.24, 2.45) is 5.73 Å². The number of carbonyl (C=O) groups is 1. The molecule has 0 saturated heterocycles. The topological polar surface area (TPSA) is 88.5 Å². The second-order valence-electron chi connectivity index (χ2n) is 3.03. The lowest BCUT2D eigenvalue weighted by Gasteiger charge is -2.08. The molecule has 1 amide bonds. The molecule has 0 aromatic carbocycles. The highest BCUT2D eigenvalue weighted by Gasteiger charge is 2.12. The van der Waals surface area contributed by atoms with E-state index in [0.717, 1.165) is 0 Å². The Hall–Kier alpha value is -1.33. The van der Waals surface area contributed by atoms with Crippen LogP contribution in [-0.2, 0) is 6.54 Å². The van der Waals surface area contributed by atoms with Crippen LogP contribution in [0.25, 0.3) is 0 Å². The molecule has 0 spiro atoms. The number of rotatable bonds is 4. The van der Waals surface area contributed by atoms with Gasteiger partial charge in [-0.15, -0.1) is 0 Å². The predicted molar refractivity (Wildman–Crippen MR) is 50.6 cm³/mol. The van der Waals surface area contributed by atoms with Crippen molar-refractivity contribution < 1.29 is 14.3 Å². The van der Waals surface area contributed by atoms with Crippen LogP contribution < -0.4 is 11.1 Å². The minimum absolute atomic E-state index is 0.101. The second kappa shape index (κ2) is 4.78. The second-order valence-corrected chi connectivity index (χ2v) is 3.03. The molecule has 14 heavy (non-hydrogen) atoms. The van der Waals surface area contributed by atoms with Crippen molar-refractivity contribution in [2.45, 2.75) is 19.5 Å². The van der Waals surface area contributed by atoms with Crippen molar-refractivity contribution in [1.82, 2.24) is 5.32 Å². The minimum Gasteiger partial charge on any atom is -0.455 e. The fourth-order valence-electron chi connectivity index (χ4n) is 0.950. The van der Waals surface area contributed by atoms with Gasteiger partial charge in [0.05, 0.1) is 13.2 Å². The molecule has 1 heterocycles. The fourth-order valence-corrected chi connectivity index (χ4v) is 0.950. The van der Waals surface area contributed by atoms with E-state index >= 15 is 0 Å². The first-order chi connectivity index (χ1) is 6.67. The largest absolute Gasteiger partial charge is 0.455 e. The third kappa shape index (κ3) is 2.58. The van der Waals surface area contributed by atoms with Gasteiger partial charge in [0.15, 0.2) is 5.76 Å². The maximum Gasteiger partial charge on any atom is 0.287 e. The quantitative estimate of drug-likeness (QED) is 0.627. The molecule has 0 bridgehead atoms. The van der Waals surface area contributed by atoms with Crippen LogP contribution in [0, 0.1) is 0 Å². The summed E-state index contributed by atoms with van der Waals surface area (Å²) >= 11 is 0. The molecule has 4 N–H and O–H groups in total. The van der Waals surface area contributed by atoms with Gasteiger partial charge in [-0.25, -0.2) is 0 Å². The van der Waals surface area contributed by atoms with Gasteiger partial charge in [-0.3, -0.25) is 4.79 Å². The minimum atomic E-state index is -0.341. The SMILES string of the molecule is CC(CO)NC(=O)c1ccc(CN)o1. The highest BCUT2D eigenvalue weighted by Crippen LogP contribution is 2.06. The number of amides is 1. The van der Waals surface area contributed by atoms with Gasteiger partial charge in [0, 0.05) is 6.04 Å². The number of nitrogens with one attached hydrogen (secondary N) is 1. The van der Waals surface area contributed by atoms with Crippen LogP contribution in [0.2, 0.25) is 0 Å². The average molecular weight is 198 g/mol. The third-order valence-electron chi connectivity index (χ3n) is 1.74. The van der Waals surface area contributed by atoms with E-state index in [2.05, 4.69) is 5.32 Å². The number of hydrogen-bond donors (Lipinski definition) is 3. The first-order valence-corrected chi connectivity index (χ1v) is 4.38. The molecule has 0 saturated carbocycles. The Morgan fingerprint density at radius 1 is 1.71 bits per heavy atom. The van der Waals surface area contributed by atoms with E-state index < -0.39 is 0 Å². The zero-order valence-electron chi connectivity index (χ0n) is 7.99. The highest BCUT2D eigenvalue weighted by atomic mass is 16.4. The molecule has 0 fully saturated rings. The molecule has 5 heteroatoms. The summed E-state index contributed by atoms with van der Waals surface area (Å²) in [7, 11) is 0. The lowest BCUT2D eigenvalue weighted by Crippen LogP contribution is -2.34. The number of aliphatic hydroxyl groups is 1. The summed E-state index contributed by atoms with van der Waals surface area (Å²) in [5, 5.41) is 11.3. The number of furan rings is 1. The van der Waals surface area contributed by atoms with Gasteiger partial charge in [0.25, 0.3) is 5.91 Å². The van der Waals surface area contributed by atoms with Gasteiger partial charge in [-0.05, 0) is 19.1 Å². The van der Waals surface area contributed by atoms with E-state index in [0.29, 0.717) is 5.76 Å². The Morgan fingerprint density at radius 2 is 2.43 bits per heavy atom. The summed E-state index contributed by atoms with van der Waals surface area (Å²) in [4.78, 5) is 11.4. The van der Waals surface area contributed by atoms with Gasteiger partial charge in [0.1, 0.15) is 5.76 Å². The van der Waals surface area contributed by atoms with Crippen LogP contribution in [0.1, 0.15) is 23.2 Å². The maximum atomic E-state index is 11.4. The average Bonchev–Trinajstić information content (AvgIpc) is 2.65. The Balaban J connectivity index is 2.60. The highest BCUT2D eigenvalue weighted by molar-refractivity contribution is 5.91. The fraction of sp³-hybridized carbons (Fsp3) is 0.444. The Labute approximate surface area is 81.9 Å². The number of aliphatic hydroxyl groups excluding tert-OH is 1. The van der Waals surface area contributed by atoms with E-state index in [1.54, 1.807) is 19.1 Å². The molecule has 0 radical (unpaired) electrons. The van der Waals surface area contributed by atoms with Gasteiger partial charge in [0.2, 0.25) is 0 Å². The molecule has 5 nitrogen and oxygen atoms in total. The molecule has 1 unspecified atom stereocenters. The van der Waals surface area contributed by atoms with Gasteiger partial charge in [-0.1, -0.05) is 0 Å². The molecule has 1 atom stereocenters. The Bertz CT molecular complexity index is 309. The van der Waals surface area contributed by atoms with Crippen LogP contribution in [0.5, 0.6) is 0 Å². The van der Waals surface area contributed by atoms with Crippen molar-refractivity contribution in [3.05, 3.63) is 23.7 Å². The summed E-state index contributed by atoms with van der Waals surface area (Å²) in [5.74, 6) is 0.434. The molecular formula is C9H14N2O3. The van der Waals surface area contributed by atoms with E-state index in [1.807, 2.05) is 0 Å². The molecule has 78 valence electrons. The first kappa shape index (κ1) is 10.7. The van der Waals surface area contributed by atoms with Crippen molar-refractivity contribution in [3.63, 3.8) is 0 Å². The number of hydrogen-bond acceptors (Lipinski definition) is 4. The van der Waals surface area contributed by atoms with Crippen LogP contribution in [0.15, 0.2) is 16.5 Å². The molecule has 1 rings (SSSR count). The van der Waals surface area contributed by atoms with Gasteiger partial charge >= 0.3 is 0 Å². The van der Waals surface area contributed by atoms with E-state index in [1.165, 1.54) is 0 Å². The van der Waals surface area contributed by atoms with E-state index in [-0.39, 0.29) is 30.9 Å². The monoisotopic (exact) mass is 198 g/mol. The van der Waals surface area contributed by atoms with Crippen LogP contribution >= 0.6 is 0 Å². The van der Waals surface area contributed by atoms with Crippen molar-refractivity contribution in [2.75, 3.05) is 6.61 Å². The zero-order chi connectivity index (χ0) is 10.6. The predicted octanol–water partition coefficient (Wildman–Crippen LogP) is -0.151. The Morgan fingerprint density at radius 3 is 2.93 bits per heavy atom. The number of carbonyl (C=O) groups excluding carboxylic acids is 1. The van der Waals surface area contributed by atoms with Gasteiger partial charge < -0.3 is 20.6 Å². The summed E-state index contributed by atoms with van der Waals surface area (Å²) < 4.78 is 5.12. The third-order valence-corrected chi connectivity index (χ3v) is 1.74. The van der Waals surface area contributed by atoms with Crippen molar-refractivity contribution >= 4 is 5.91 Å². The van der Waals surface area contributed by atoms with Gasteiger partial charge in [-0.2, -0.15) is 0 Å². The van der Waals surface area contributed by atoms with Crippen molar-refractivity contribution in [1.29, 1.82) is 0 Å². The number of nitrogens with two attached hydrogens (primary N) is 1. The summed E-state index contributed by atoms with van der Waals surface area (Å²) in [6, 6.07) is 2.93. The molecule has 1 aromatic heterocycles. The normalized spacial score (nSPS) is 12.5. The summed E-state index contributed by atoms with van der Waals surface area (Å²) in [6.07, 6.45) is 0. The molecular weight excluding hydrogens is 184 g/mol.